The molecule has 7 heterocycles. The summed E-state index contributed by atoms with van der Waals surface area (Å²) in [6.45, 7) is 7.06. The van der Waals surface area contributed by atoms with E-state index in [2.05, 4.69) is 31.9 Å². The van der Waals surface area contributed by atoms with E-state index in [1.54, 1.807) is 24.2 Å². The van der Waals surface area contributed by atoms with Gasteiger partial charge in [-0.25, -0.2) is 9.37 Å². The molecule has 4 N–H and O–H groups in total. The van der Waals surface area contributed by atoms with Gasteiger partial charge in [0.05, 0.1) is 21.9 Å². The molecular formula is C30H34FN11OS2. The summed E-state index contributed by atoms with van der Waals surface area (Å²) < 4.78 is 20.6. The molecule has 3 aromatic heterocycles. The van der Waals surface area contributed by atoms with E-state index in [-0.39, 0.29) is 28.9 Å². The molecule has 0 radical (unpaired) electrons. The van der Waals surface area contributed by atoms with E-state index in [0.717, 1.165) is 35.6 Å². The predicted octanol–water partition coefficient (Wildman–Crippen LogP) is 3.74. The number of thiophene rings is 1. The Bertz CT molecular complexity index is 1730. The number of nitrogen functional groups attached to an aromatic ring is 2. The van der Waals surface area contributed by atoms with Crippen LogP contribution in [-0.2, 0) is 10.5 Å². The Hall–Kier alpha value is -3.92. The van der Waals surface area contributed by atoms with E-state index in [1.165, 1.54) is 11.3 Å². The van der Waals surface area contributed by atoms with Gasteiger partial charge in [-0.3, -0.25) is 9.88 Å². The number of ether oxygens (including phenoxy) is 1. The van der Waals surface area contributed by atoms with Crippen molar-refractivity contribution in [1.82, 2.24) is 24.8 Å². The summed E-state index contributed by atoms with van der Waals surface area (Å²) in [5.74, 6) is 1.97. The maximum Gasteiger partial charge on any atom is 0.320 e. The van der Waals surface area contributed by atoms with E-state index in [9.17, 15) is 14.9 Å². The highest BCUT2D eigenvalue weighted by Crippen LogP contribution is 2.58. The third kappa shape index (κ3) is 4.71. The minimum absolute atomic E-state index is 0.138. The largest absolute Gasteiger partial charge is 0.461 e. The second-order valence-electron chi connectivity index (χ2n) is 12.2. The van der Waals surface area contributed by atoms with Gasteiger partial charge in [-0.05, 0) is 33.2 Å². The van der Waals surface area contributed by atoms with Gasteiger partial charge < -0.3 is 26.0 Å². The van der Waals surface area contributed by atoms with E-state index < -0.39 is 6.17 Å². The highest BCUT2D eigenvalue weighted by atomic mass is 32.2. The number of aromatic nitrogens is 4. The van der Waals surface area contributed by atoms with Crippen LogP contribution in [0.25, 0.3) is 0 Å². The van der Waals surface area contributed by atoms with Gasteiger partial charge in [0.1, 0.15) is 47.0 Å². The molecule has 3 aromatic rings. The van der Waals surface area contributed by atoms with Crippen molar-refractivity contribution in [3.8, 4) is 18.1 Å². The summed E-state index contributed by atoms with van der Waals surface area (Å²) >= 11 is 3.28. The number of alkyl halides is 1. The zero-order valence-corrected chi connectivity index (χ0v) is 26.8. The van der Waals surface area contributed by atoms with Gasteiger partial charge in [0.15, 0.2) is 11.6 Å². The van der Waals surface area contributed by atoms with Crippen LogP contribution >= 0.6 is 23.1 Å². The average molecular weight is 648 g/mol. The van der Waals surface area contributed by atoms with Crippen LogP contribution in [0.15, 0.2) is 12.4 Å². The molecule has 0 aliphatic carbocycles. The second-order valence-corrected chi connectivity index (χ2v) is 14.7. The SMILES string of the molecule is CCN(c1nc(OC[C@@]23CCCN2C[C@H](F)C3)nc(N2CC3(C2)SCc2sc(N)c(C#N)c23)c1C#N)C(C)c1nccnc1N. The van der Waals surface area contributed by atoms with Crippen molar-refractivity contribution >= 4 is 45.6 Å². The number of anilines is 4. The van der Waals surface area contributed by atoms with Gasteiger partial charge in [-0.15, -0.1) is 23.1 Å². The smallest absolute Gasteiger partial charge is 0.320 e. The maximum absolute atomic E-state index is 14.5. The van der Waals surface area contributed by atoms with Crippen molar-refractivity contribution in [3.63, 3.8) is 0 Å². The molecule has 0 aromatic carbocycles. The van der Waals surface area contributed by atoms with Crippen LogP contribution in [-0.4, -0.2) is 75.9 Å². The van der Waals surface area contributed by atoms with Crippen LogP contribution < -0.4 is 26.0 Å². The first kappa shape index (κ1) is 29.8. The van der Waals surface area contributed by atoms with Crippen molar-refractivity contribution in [2.24, 2.45) is 0 Å². The normalized spacial score (nSPS) is 23.7. The van der Waals surface area contributed by atoms with Crippen LogP contribution in [0.5, 0.6) is 6.01 Å². The molecule has 7 rings (SSSR count). The molecule has 45 heavy (non-hydrogen) atoms. The maximum atomic E-state index is 14.5. The lowest BCUT2D eigenvalue weighted by molar-refractivity contribution is 0.107. The van der Waals surface area contributed by atoms with Crippen molar-refractivity contribution in [2.45, 2.75) is 61.4 Å². The van der Waals surface area contributed by atoms with Gasteiger partial charge in [-0.2, -0.15) is 20.5 Å². The Kier molecular flexibility index (Phi) is 7.38. The molecule has 234 valence electrons. The van der Waals surface area contributed by atoms with Gasteiger partial charge in [0.25, 0.3) is 0 Å². The van der Waals surface area contributed by atoms with Gasteiger partial charge in [0, 0.05) is 61.2 Å². The molecule has 3 atom stereocenters. The topological polar surface area (TPSA) is 170 Å². The number of hydrogen-bond donors (Lipinski definition) is 2. The van der Waals surface area contributed by atoms with E-state index in [0.29, 0.717) is 71.9 Å². The number of halogens is 1. The van der Waals surface area contributed by atoms with Crippen LogP contribution in [0.2, 0.25) is 0 Å². The standard InChI is InChI=1S/C30H34FN11OS2/c1-3-42(17(2)23-24(34)37-7-6-36-23)27-20(11-33)26(38-28(39-27)43-16-29-5-4-8-41(29)12-18(31)9-29)40-14-30(15-40)22-19(10-32)25(35)45-21(22)13-44-30/h6-7,17-18H,3-5,8-9,12-16,35H2,1-2H3,(H2,34,37)/t17?,18-,29+/m1/s1. The number of nitrogens with zero attached hydrogens (tertiary/aromatic N) is 9. The molecular weight excluding hydrogens is 614 g/mol. The number of fused-ring (bicyclic) bond motifs is 3. The monoisotopic (exact) mass is 647 g/mol. The molecule has 15 heteroatoms. The number of thioether (sulfide) groups is 1. The van der Waals surface area contributed by atoms with E-state index >= 15 is 0 Å². The molecule has 12 nitrogen and oxygen atoms in total. The average Bonchev–Trinajstić information content (AvgIpc) is 3.73. The first-order valence-electron chi connectivity index (χ1n) is 15.1. The molecule has 0 saturated carbocycles. The fourth-order valence-electron chi connectivity index (χ4n) is 7.54. The quantitative estimate of drug-likeness (QED) is 0.363. The summed E-state index contributed by atoms with van der Waals surface area (Å²) in [6, 6.07) is 4.46. The lowest BCUT2D eigenvalue weighted by atomic mass is 9.88. The Morgan fingerprint density at radius 1 is 1.20 bits per heavy atom. The summed E-state index contributed by atoms with van der Waals surface area (Å²) in [5.41, 5.74) is 14.5. The lowest BCUT2D eigenvalue weighted by Crippen LogP contribution is -2.57. The van der Waals surface area contributed by atoms with Crippen molar-refractivity contribution < 1.29 is 9.13 Å². The third-order valence-electron chi connectivity index (χ3n) is 9.67. The van der Waals surface area contributed by atoms with Crippen LogP contribution in [0.4, 0.5) is 26.8 Å². The zero-order valence-electron chi connectivity index (χ0n) is 25.2. The van der Waals surface area contributed by atoms with Crippen molar-refractivity contribution in [3.05, 3.63) is 39.7 Å². The highest BCUT2D eigenvalue weighted by Gasteiger charge is 2.54. The lowest BCUT2D eigenvalue weighted by Gasteiger charge is -2.49. The summed E-state index contributed by atoms with van der Waals surface area (Å²) in [5, 5.41) is 21.0. The Labute approximate surface area is 269 Å². The minimum Gasteiger partial charge on any atom is -0.461 e. The first-order valence-corrected chi connectivity index (χ1v) is 16.9. The van der Waals surface area contributed by atoms with Gasteiger partial charge in [0.2, 0.25) is 0 Å². The Morgan fingerprint density at radius 3 is 2.71 bits per heavy atom. The zero-order chi connectivity index (χ0) is 31.5. The Balaban J connectivity index is 1.26. The van der Waals surface area contributed by atoms with Gasteiger partial charge >= 0.3 is 6.01 Å². The molecule has 4 aliphatic heterocycles. The van der Waals surface area contributed by atoms with Crippen LogP contribution in [0, 0.1) is 22.7 Å². The molecule has 0 amide bonds. The minimum atomic E-state index is -0.883. The number of hydrogen-bond acceptors (Lipinski definition) is 14. The van der Waals surface area contributed by atoms with Crippen LogP contribution in [0.3, 0.4) is 0 Å². The van der Waals surface area contributed by atoms with Crippen molar-refractivity contribution in [1.29, 1.82) is 10.5 Å². The van der Waals surface area contributed by atoms with E-state index in [4.69, 9.17) is 26.2 Å². The molecule has 1 unspecified atom stereocenters. The molecule has 3 saturated heterocycles. The van der Waals surface area contributed by atoms with Gasteiger partial charge in [-0.1, -0.05) is 0 Å². The fraction of sp³-hybridized carbons (Fsp3) is 0.533. The van der Waals surface area contributed by atoms with E-state index in [1.807, 2.05) is 18.7 Å². The second kappa shape index (κ2) is 11.2. The third-order valence-corrected chi connectivity index (χ3v) is 12.3. The molecule has 4 aliphatic rings. The predicted molar refractivity (Wildman–Crippen MR) is 172 cm³/mol. The summed E-state index contributed by atoms with van der Waals surface area (Å²) in [7, 11) is 0. The number of nitrogens with two attached hydrogens (primary N) is 2. The molecule has 0 bridgehead atoms. The molecule has 1 spiro atoms. The summed E-state index contributed by atoms with van der Waals surface area (Å²) in [6.07, 6.45) is 4.52. The first-order chi connectivity index (χ1) is 21.7. The van der Waals surface area contributed by atoms with Crippen molar-refractivity contribution in [2.75, 3.05) is 60.6 Å². The Morgan fingerprint density at radius 2 is 1.98 bits per heavy atom. The highest BCUT2D eigenvalue weighted by molar-refractivity contribution is 8.00. The molecule has 3 fully saturated rings. The summed E-state index contributed by atoms with van der Waals surface area (Å²) in [4.78, 5) is 25.7. The van der Waals surface area contributed by atoms with Crippen LogP contribution in [0.1, 0.15) is 66.4 Å². The number of nitriles is 2. The number of rotatable bonds is 8. The fourth-order valence-corrected chi connectivity index (χ4v) is 10.3.